The summed E-state index contributed by atoms with van der Waals surface area (Å²) in [7, 11) is 2.64. The molecule has 3 rings (SSSR count). The standard InChI is InChI=1S/C17H30N4O7.C16H28N4O7.C14H26N4O5.C3H5BrO2/c1-16(2,3)28-15(23)21-10-17(11-21,13-27-9-14(22)24-4)12-26-8-7-25-6-5-19-20-18;1-15(2,3)27-14(23)20-9-16(10-20,12-26-8-13(21)22)11-25-7-6-24-5-4-18-19-17;1-13(2,3)23-12(20)18-8-14(9-18,10-19)11-22-7-6-21-5-4-16-17-15;1-6-3(5)2-4/h5-13H2,1-4H3;4-12H2,1-3H3,(H,21,22);19H,4-11H2,1-3H3;2H2,1H3. The number of carboxylic acids is 1. The van der Waals surface area contributed by atoms with Crippen molar-refractivity contribution >= 4 is 52.1 Å². The summed E-state index contributed by atoms with van der Waals surface area (Å²) in [5, 5.41) is 28.6. The molecule has 0 aromatic carbocycles. The van der Waals surface area contributed by atoms with E-state index in [2.05, 4.69) is 55.5 Å². The number of likely N-dealkylation sites (tertiary alicyclic amines) is 3. The predicted octanol–water partition coefficient (Wildman–Crippen LogP) is 5.54. The van der Waals surface area contributed by atoms with Crippen LogP contribution >= 0.6 is 15.9 Å². The number of nitrogens with zero attached hydrogens (tertiary/aromatic N) is 12. The van der Waals surface area contributed by atoms with E-state index in [9.17, 15) is 33.9 Å². The molecule has 0 aliphatic carbocycles. The second kappa shape index (κ2) is 42.1. The molecule has 0 saturated carbocycles. The number of aliphatic carboxylic acids is 1. The molecule has 0 radical (unpaired) electrons. The molecule has 2 N–H and O–H groups in total. The van der Waals surface area contributed by atoms with E-state index in [1.807, 2.05) is 41.5 Å². The summed E-state index contributed by atoms with van der Waals surface area (Å²) in [5.41, 5.74) is 21.4. The Morgan fingerprint density at radius 2 is 0.750 bits per heavy atom. The zero-order chi connectivity index (χ0) is 63.7. The van der Waals surface area contributed by atoms with Crippen LogP contribution in [0.1, 0.15) is 62.3 Å². The van der Waals surface area contributed by atoms with Gasteiger partial charge in [-0.3, -0.25) is 4.79 Å². The first kappa shape index (κ1) is 78.3. The molecule has 0 aromatic rings. The fourth-order valence-electron chi connectivity index (χ4n) is 7.14. The van der Waals surface area contributed by atoms with Crippen molar-refractivity contribution in [1.29, 1.82) is 0 Å². The van der Waals surface area contributed by atoms with Crippen molar-refractivity contribution in [3.8, 4) is 0 Å². The number of esters is 2. The Morgan fingerprint density at radius 3 is 1.01 bits per heavy atom. The van der Waals surface area contributed by atoms with Crippen molar-refractivity contribution in [3.63, 3.8) is 0 Å². The van der Waals surface area contributed by atoms with Crippen LogP contribution in [0.2, 0.25) is 0 Å². The van der Waals surface area contributed by atoms with Crippen molar-refractivity contribution in [3.05, 3.63) is 31.3 Å². The number of hydrogen-bond donors (Lipinski definition) is 2. The Labute approximate surface area is 498 Å². The number of amides is 3. The summed E-state index contributed by atoms with van der Waals surface area (Å²) >= 11 is 2.90. The summed E-state index contributed by atoms with van der Waals surface area (Å²) in [6, 6.07) is 0. The van der Waals surface area contributed by atoms with Gasteiger partial charge in [-0.1, -0.05) is 31.3 Å². The van der Waals surface area contributed by atoms with Crippen molar-refractivity contribution in [2.24, 2.45) is 31.6 Å². The molecule has 3 aliphatic rings. The average molecular weight is 1270 g/mol. The minimum Gasteiger partial charge on any atom is -0.480 e. The number of halogens is 1. The van der Waals surface area contributed by atoms with Crippen LogP contribution in [0.15, 0.2) is 15.3 Å². The number of azide groups is 3. The maximum atomic E-state index is 12.2. The topological polar surface area (TPSA) is 419 Å². The number of aliphatic hydroxyl groups excluding tert-OH is 1. The SMILES string of the molecule is CC(C)(C)OC(=O)N1CC(CO)(COCCOCCN=[N+]=[N-])C1.CC(C)(C)OC(=O)N1CC(COCCOCCN=[N+]=[N-])(COCC(=O)O)C1.COC(=O)CBr.COC(=O)COCC1(COCCOCCN=[N+]=[N-])CN(C(=O)OC(C)(C)C)C1. The molecule has 0 bridgehead atoms. The van der Waals surface area contributed by atoms with E-state index in [4.69, 9.17) is 73.8 Å². The Balaban J connectivity index is 0.00000117. The molecule has 3 amide bonds. The maximum Gasteiger partial charge on any atom is 0.410 e. The van der Waals surface area contributed by atoms with Gasteiger partial charge in [0.1, 0.15) is 35.3 Å². The first-order valence-electron chi connectivity index (χ1n) is 26.6. The number of carbonyl (C=O) groups is 6. The van der Waals surface area contributed by atoms with Gasteiger partial charge in [0.2, 0.25) is 0 Å². The number of alkyl halides is 1. The Morgan fingerprint density at radius 1 is 0.464 bits per heavy atom. The third-order valence-electron chi connectivity index (χ3n) is 10.8. The van der Waals surface area contributed by atoms with Crippen LogP contribution < -0.4 is 0 Å². The maximum absolute atomic E-state index is 12.2. The summed E-state index contributed by atoms with van der Waals surface area (Å²) in [6.45, 7) is 23.3. The van der Waals surface area contributed by atoms with Gasteiger partial charge in [0, 0.05) is 73.6 Å². The van der Waals surface area contributed by atoms with Gasteiger partial charge in [-0.2, -0.15) is 0 Å². The predicted molar refractivity (Wildman–Crippen MR) is 302 cm³/mol. The monoisotopic (exact) mass is 1270 g/mol. The van der Waals surface area contributed by atoms with E-state index < -0.39 is 63.8 Å². The molecule has 3 saturated heterocycles. The van der Waals surface area contributed by atoms with Gasteiger partial charge in [0.25, 0.3) is 0 Å². The molecule has 84 heavy (non-hydrogen) atoms. The molecular formula is C50H89BrN12O21. The third kappa shape index (κ3) is 37.6. The van der Waals surface area contributed by atoms with Gasteiger partial charge in [0.15, 0.2) is 0 Å². The highest BCUT2D eigenvalue weighted by Crippen LogP contribution is 2.35. The average Bonchev–Trinajstić information content (AvgIpc) is 2.22. The lowest BCUT2D eigenvalue weighted by molar-refractivity contribution is -0.152. The molecule has 3 fully saturated rings. The summed E-state index contributed by atoms with van der Waals surface area (Å²) in [6.07, 6.45) is -1.18. The van der Waals surface area contributed by atoms with Crippen LogP contribution in [0.4, 0.5) is 14.4 Å². The molecule has 3 aliphatic heterocycles. The number of ether oxygens (including phenoxy) is 13. The number of carboxylic acid groups (broad SMARTS) is 1. The zero-order valence-corrected chi connectivity index (χ0v) is 52.1. The number of aliphatic hydroxyl groups is 1. The second-order valence-corrected chi connectivity index (χ2v) is 22.8. The highest BCUT2D eigenvalue weighted by molar-refractivity contribution is 9.09. The zero-order valence-electron chi connectivity index (χ0n) is 50.5. The molecular weight excluding hydrogens is 1180 g/mol. The molecule has 0 spiro atoms. The lowest BCUT2D eigenvalue weighted by atomic mass is 9.81. The number of rotatable bonds is 34. The van der Waals surface area contributed by atoms with Gasteiger partial charge in [-0.05, 0) is 78.9 Å². The van der Waals surface area contributed by atoms with E-state index in [1.54, 1.807) is 30.6 Å². The molecule has 0 aromatic heterocycles. The highest BCUT2D eigenvalue weighted by Gasteiger charge is 2.49. The van der Waals surface area contributed by atoms with Crippen LogP contribution in [0, 0.1) is 16.2 Å². The van der Waals surface area contributed by atoms with E-state index >= 15 is 0 Å². The van der Waals surface area contributed by atoms with Crippen LogP contribution in [0.5, 0.6) is 0 Å². The Kier molecular flexibility index (Phi) is 39.3. The van der Waals surface area contributed by atoms with Crippen molar-refractivity contribution in [1.82, 2.24) is 14.7 Å². The fraction of sp³-hybridized carbons (Fsp3) is 0.880. The first-order chi connectivity index (χ1) is 39.5. The first-order valence-corrected chi connectivity index (χ1v) is 27.7. The quantitative estimate of drug-likeness (QED) is 0.0152. The van der Waals surface area contributed by atoms with Gasteiger partial charge in [0.05, 0.1) is 130 Å². The van der Waals surface area contributed by atoms with Gasteiger partial charge in [-0.25, -0.2) is 24.0 Å². The van der Waals surface area contributed by atoms with E-state index in [0.29, 0.717) is 125 Å². The van der Waals surface area contributed by atoms with Crippen molar-refractivity contribution in [2.75, 3.05) is 191 Å². The lowest BCUT2D eigenvalue weighted by Gasteiger charge is -2.49. The Bertz CT molecular complexity index is 2090. The fourth-order valence-corrected chi connectivity index (χ4v) is 7.37. The van der Waals surface area contributed by atoms with E-state index in [-0.39, 0.29) is 56.9 Å². The second-order valence-electron chi connectivity index (χ2n) is 22.2. The lowest BCUT2D eigenvalue weighted by Crippen LogP contribution is -2.63. The summed E-state index contributed by atoms with van der Waals surface area (Å²) in [4.78, 5) is 80.4. The normalized spacial score (nSPS) is 15.2. The molecule has 0 atom stereocenters. The minimum atomic E-state index is -1.05. The van der Waals surface area contributed by atoms with Gasteiger partial charge in [-0.15, -0.1) is 0 Å². The van der Waals surface area contributed by atoms with Crippen LogP contribution in [0.25, 0.3) is 31.3 Å². The van der Waals surface area contributed by atoms with Crippen LogP contribution in [-0.4, -0.2) is 269 Å². The van der Waals surface area contributed by atoms with E-state index in [0.717, 1.165) is 0 Å². The van der Waals surface area contributed by atoms with Crippen LogP contribution in [0.3, 0.4) is 0 Å². The summed E-state index contributed by atoms with van der Waals surface area (Å²) < 4.78 is 67.9. The van der Waals surface area contributed by atoms with E-state index in [1.165, 1.54) is 19.1 Å². The van der Waals surface area contributed by atoms with Gasteiger partial charge < -0.3 is 86.5 Å². The number of methoxy groups -OCH3 is 2. The van der Waals surface area contributed by atoms with Crippen LogP contribution in [-0.2, 0) is 76.0 Å². The van der Waals surface area contributed by atoms with Gasteiger partial charge >= 0.3 is 36.2 Å². The molecule has 3 heterocycles. The molecule has 482 valence electrons. The third-order valence-corrected chi connectivity index (χ3v) is 11.3. The molecule has 34 heteroatoms. The summed E-state index contributed by atoms with van der Waals surface area (Å²) in [5.74, 6) is -1.76. The molecule has 0 unspecified atom stereocenters. The number of carbonyl (C=O) groups excluding carboxylic acids is 5. The molecule has 33 nitrogen and oxygen atoms in total. The Hall–Kier alpha value is -5.73. The number of hydrogen-bond acceptors (Lipinski definition) is 23. The minimum absolute atomic E-state index is 0.0515. The van der Waals surface area contributed by atoms with Crippen molar-refractivity contribution < 1.29 is 101 Å². The highest BCUT2D eigenvalue weighted by atomic mass is 79.9. The van der Waals surface area contributed by atoms with Crippen molar-refractivity contribution in [2.45, 2.75) is 79.1 Å². The largest absolute Gasteiger partial charge is 0.480 e. The smallest absolute Gasteiger partial charge is 0.410 e.